The van der Waals surface area contributed by atoms with E-state index in [4.69, 9.17) is 0 Å². The number of para-hydroxylation sites is 1. The lowest BCUT2D eigenvalue weighted by molar-refractivity contribution is -0.159. The van der Waals surface area contributed by atoms with E-state index in [9.17, 15) is 14.7 Å². The molecule has 3 aromatic carbocycles. The van der Waals surface area contributed by atoms with Crippen molar-refractivity contribution in [3.8, 4) is 0 Å². The number of nitrogens with zero attached hydrogens (tertiary/aromatic N) is 2. The number of aromatic nitrogens is 1. The van der Waals surface area contributed by atoms with Gasteiger partial charge in [0.2, 0.25) is 11.8 Å². The van der Waals surface area contributed by atoms with Gasteiger partial charge in [-0.3, -0.25) is 9.59 Å². The maximum Gasteiger partial charge on any atom is 0.246 e. The molecule has 2 aliphatic rings. The predicted octanol–water partition coefficient (Wildman–Crippen LogP) is 4.71. The number of hydrogen-bond acceptors (Lipinski definition) is 3. The first-order valence-electron chi connectivity index (χ1n) is 12.9. The van der Waals surface area contributed by atoms with Crippen molar-refractivity contribution in [1.82, 2.24) is 14.8 Å². The van der Waals surface area contributed by atoms with Crippen molar-refractivity contribution < 1.29 is 14.7 Å². The molecular weight excluding hydrogens is 462 g/mol. The number of carbonyl (C=O) groups excluding carboxylic acids is 2. The summed E-state index contributed by atoms with van der Waals surface area (Å²) in [5.41, 5.74) is 6.02. The van der Waals surface area contributed by atoms with Crippen LogP contribution in [0.2, 0.25) is 0 Å². The smallest absolute Gasteiger partial charge is 0.246 e. The number of rotatable bonds is 5. The summed E-state index contributed by atoms with van der Waals surface area (Å²) in [6.45, 7) is 4.36. The minimum Gasteiger partial charge on any atom is -0.387 e. The molecule has 3 heterocycles. The Morgan fingerprint density at radius 3 is 2.35 bits per heavy atom. The van der Waals surface area contributed by atoms with Crippen LogP contribution in [0.4, 0.5) is 0 Å². The highest BCUT2D eigenvalue weighted by Crippen LogP contribution is 2.42. The number of piperazine rings is 1. The van der Waals surface area contributed by atoms with Crippen LogP contribution in [0.25, 0.3) is 10.9 Å². The zero-order valence-electron chi connectivity index (χ0n) is 21.1. The third kappa shape index (κ3) is 4.02. The molecule has 37 heavy (non-hydrogen) atoms. The van der Waals surface area contributed by atoms with Crippen LogP contribution >= 0.6 is 0 Å². The molecule has 1 aromatic heterocycles. The first-order valence-corrected chi connectivity index (χ1v) is 12.9. The highest BCUT2D eigenvalue weighted by atomic mass is 16.3. The van der Waals surface area contributed by atoms with E-state index in [-0.39, 0.29) is 30.9 Å². The molecule has 0 saturated carbocycles. The molecule has 4 aromatic rings. The number of β-amino-alcohol motifs (C(OH)–C–C–N with tert-alkyl or cyclic N) is 1. The minimum absolute atomic E-state index is 0.0463. The van der Waals surface area contributed by atoms with Crippen molar-refractivity contribution in [3.05, 3.63) is 107 Å². The van der Waals surface area contributed by atoms with Crippen LogP contribution in [0.15, 0.2) is 78.9 Å². The van der Waals surface area contributed by atoms with E-state index in [0.717, 1.165) is 33.3 Å². The molecule has 2 aliphatic heterocycles. The Morgan fingerprint density at radius 1 is 0.919 bits per heavy atom. The van der Waals surface area contributed by atoms with E-state index in [2.05, 4.69) is 49.2 Å². The highest BCUT2D eigenvalue weighted by molar-refractivity contribution is 5.97. The quantitative estimate of drug-likeness (QED) is 0.423. The maximum atomic E-state index is 13.9. The van der Waals surface area contributed by atoms with Gasteiger partial charge in [0.1, 0.15) is 6.04 Å². The Balaban J connectivity index is 1.40. The molecule has 0 radical (unpaired) electrons. The van der Waals surface area contributed by atoms with Gasteiger partial charge in [0, 0.05) is 23.0 Å². The fourth-order valence-electron chi connectivity index (χ4n) is 5.88. The van der Waals surface area contributed by atoms with Crippen molar-refractivity contribution in [3.63, 3.8) is 0 Å². The summed E-state index contributed by atoms with van der Waals surface area (Å²) in [4.78, 5) is 34.5. The zero-order chi connectivity index (χ0) is 25.7. The Bertz CT molecular complexity index is 1460. The number of benzene rings is 3. The van der Waals surface area contributed by atoms with Gasteiger partial charge in [-0.25, -0.2) is 0 Å². The lowest BCUT2D eigenvalue weighted by atomic mass is 9.85. The standard InChI is InChI=1S/C31H31N3O3/c1-19(2)20-12-14-22(15-13-20)30-29-24(23-10-6-7-11-25(23)32-29)16-26-31(37)33(18-28(36)34(26)30)17-27(35)21-8-4-3-5-9-21/h3-15,19,26-27,30,32,35H,16-18H2,1-2H3/t26-,27-,30-/m1/s1. The van der Waals surface area contributed by atoms with Gasteiger partial charge in [-0.05, 0) is 34.2 Å². The van der Waals surface area contributed by atoms with Gasteiger partial charge >= 0.3 is 0 Å². The van der Waals surface area contributed by atoms with Crippen molar-refractivity contribution in [1.29, 1.82) is 0 Å². The molecule has 0 unspecified atom stereocenters. The van der Waals surface area contributed by atoms with Crippen molar-refractivity contribution >= 4 is 22.7 Å². The third-order valence-corrected chi connectivity index (χ3v) is 7.84. The second-order valence-corrected chi connectivity index (χ2v) is 10.5. The number of hydrogen-bond donors (Lipinski definition) is 2. The molecule has 0 aliphatic carbocycles. The summed E-state index contributed by atoms with van der Waals surface area (Å²) in [7, 11) is 0. The number of carbonyl (C=O) groups is 2. The first kappa shape index (κ1) is 23.5. The molecule has 2 N–H and O–H groups in total. The van der Waals surface area contributed by atoms with Gasteiger partial charge in [0.05, 0.1) is 25.2 Å². The monoisotopic (exact) mass is 493 g/mol. The number of aromatic amines is 1. The number of fused-ring (bicyclic) bond motifs is 4. The van der Waals surface area contributed by atoms with Crippen molar-refractivity contribution in [2.45, 2.75) is 44.4 Å². The van der Waals surface area contributed by atoms with E-state index >= 15 is 0 Å². The molecule has 3 atom stereocenters. The Kier molecular flexibility index (Phi) is 5.84. The molecule has 0 spiro atoms. The minimum atomic E-state index is -0.851. The average Bonchev–Trinajstić information content (AvgIpc) is 3.29. The van der Waals surface area contributed by atoms with Crippen LogP contribution in [0.1, 0.15) is 59.9 Å². The Hall–Kier alpha value is -3.90. The molecule has 6 nitrogen and oxygen atoms in total. The van der Waals surface area contributed by atoms with Crippen LogP contribution < -0.4 is 0 Å². The number of aliphatic hydroxyl groups excluding tert-OH is 1. The summed E-state index contributed by atoms with van der Waals surface area (Å²) < 4.78 is 0. The number of H-pyrrole nitrogens is 1. The molecule has 6 heteroatoms. The molecule has 1 saturated heterocycles. The molecular formula is C31H31N3O3. The zero-order valence-corrected chi connectivity index (χ0v) is 21.1. The largest absolute Gasteiger partial charge is 0.387 e. The van der Waals surface area contributed by atoms with Gasteiger partial charge in [0.25, 0.3) is 0 Å². The normalized spacial score (nSPS) is 20.3. The predicted molar refractivity (Wildman–Crippen MR) is 143 cm³/mol. The number of aliphatic hydroxyl groups is 1. The molecule has 0 bridgehead atoms. The number of amides is 2. The van der Waals surface area contributed by atoms with Crippen LogP contribution in [0.3, 0.4) is 0 Å². The Labute approximate surface area is 216 Å². The summed E-state index contributed by atoms with van der Waals surface area (Å²) in [5, 5.41) is 11.9. The van der Waals surface area contributed by atoms with E-state index in [1.54, 1.807) is 4.90 Å². The first-order chi connectivity index (χ1) is 17.9. The summed E-state index contributed by atoms with van der Waals surface area (Å²) in [6, 6.07) is 24.8. The molecule has 1 fully saturated rings. The van der Waals surface area contributed by atoms with E-state index < -0.39 is 12.1 Å². The SMILES string of the molecule is CC(C)c1ccc([C@@H]2c3[nH]c4ccccc4c3C[C@@H]3C(=O)N(C[C@@H](O)c4ccccc4)CC(=O)N23)cc1. The lowest BCUT2D eigenvalue weighted by Crippen LogP contribution is -2.63. The van der Waals surface area contributed by atoms with Crippen LogP contribution in [0.5, 0.6) is 0 Å². The van der Waals surface area contributed by atoms with Gasteiger partial charge in [0.15, 0.2) is 0 Å². The van der Waals surface area contributed by atoms with Crippen molar-refractivity contribution in [2.24, 2.45) is 0 Å². The Morgan fingerprint density at radius 2 is 1.62 bits per heavy atom. The second kappa shape index (κ2) is 9.20. The third-order valence-electron chi connectivity index (χ3n) is 7.84. The van der Waals surface area contributed by atoms with Crippen LogP contribution in [0, 0.1) is 0 Å². The van der Waals surface area contributed by atoms with Gasteiger partial charge in [-0.2, -0.15) is 0 Å². The summed E-state index contributed by atoms with van der Waals surface area (Å²) in [5.74, 6) is 0.181. The molecule has 2 amide bonds. The van der Waals surface area contributed by atoms with Crippen LogP contribution in [-0.2, 0) is 16.0 Å². The van der Waals surface area contributed by atoms with E-state index in [0.29, 0.717) is 12.3 Å². The second-order valence-electron chi connectivity index (χ2n) is 10.5. The maximum absolute atomic E-state index is 13.9. The molecule has 188 valence electrons. The fraction of sp³-hybridized carbons (Fsp3) is 0.290. The highest BCUT2D eigenvalue weighted by Gasteiger charge is 2.48. The lowest BCUT2D eigenvalue weighted by Gasteiger charge is -2.47. The summed E-state index contributed by atoms with van der Waals surface area (Å²) in [6.07, 6.45) is -0.404. The average molecular weight is 494 g/mol. The van der Waals surface area contributed by atoms with E-state index in [1.165, 1.54) is 10.5 Å². The summed E-state index contributed by atoms with van der Waals surface area (Å²) >= 11 is 0. The van der Waals surface area contributed by atoms with Crippen LogP contribution in [-0.4, -0.2) is 50.8 Å². The van der Waals surface area contributed by atoms with E-state index in [1.807, 2.05) is 48.5 Å². The molecule has 6 rings (SSSR count). The van der Waals surface area contributed by atoms with Crippen molar-refractivity contribution in [2.75, 3.05) is 13.1 Å². The van der Waals surface area contributed by atoms with Gasteiger partial charge in [-0.15, -0.1) is 0 Å². The van der Waals surface area contributed by atoms with Gasteiger partial charge in [-0.1, -0.05) is 86.6 Å². The topological polar surface area (TPSA) is 76.6 Å². The number of nitrogens with one attached hydrogen (secondary N) is 1. The van der Waals surface area contributed by atoms with Gasteiger partial charge < -0.3 is 19.9 Å². The fourth-order valence-corrected chi connectivity index (χ4v) is 5.88.